The van der Waals surface area contributed by atoms with Gasteiger partial charge >= 0.3 is 0 Å². The molecule has 2 rings (SSSR count). The topological polar surface area (TPSA) is 47.6 Å². The van der Waals surface area contributed by atoms with Crippen LogP contribution in [0.2, 0.25) is 0 Å². The molecule has 0 bridgehead atoms. The molecule has 1 atom stereocenters. The van der Waals surface area contributed by atoms with Crippen molar-refractivity contribution in [2.75, 3.05) is 11.9 Å². The summed E-state index contributed by atoms with van der Waals surface area (Å²) in [6.45, 7) is 6.48. The highest BCUT2D eigenvalue weighted by molar-refractivity contribution is 5.95. The molecule has 4 heteroatoms. The predicted molar refractivity (Wildman–Crippen MR) is 91.9 cm³/mol. The van der Waals surface area contributed by atoms with Gasteiger partial charge in [0.2, 0.25) is 0 Å². The van der Waals surface area contributed by atoms with Gasteiger partial charge in [0.1, 0.15) is 11.5 Å². The number of hydrogen-bond acceptors (Lipinski definition) is 3. The molecule has 1 unspecified atom stereocenters. The van der Waals surface area contributed by atoms with Crippen molar-refractivity contribution in [3.8, 4) is 11.5 Å². The summed E-state index contributed by atoms with van der Waals surface area (Å²) in [5.74, 6) is 1.54. The van der Waals surface area contributed by atoms with E-state index in [1.807, 2.05) is 54.6 Å². The second-order valence-electron chi connectivity index (χ2n) is 5.76. The van der Waals surface area contributed by atoms with Crippen LogP contribution in [0.5, 0.6) is 11.5 Å². The Morgan fingerprint density at radius 3 is 2.35 bits per heavy atom. The molecule has 0 spiro atoms. The molecule has 2 aromatic rings. The monoisotopic (exact) mass is 313 g/mol. The summed E-state index contributed by atoms with van der Waals surface area (Å²) in [6, 6.07) is 16.7. The molecule has 0 aromatic heterocycles. The molecule has 0 saturated heterocycles. The second kappa shape index (κ2) is 8.22. The Hall–Kier alpha value is -2.49. The minimum absolute atomic E-state index is 0.213. The largest absolute Gasteiger partial charge is 0.491 e. The van der Waals surface area contributed by atoms with Crippen molar-refractivity contribution >= 4 is 11.6 Å². The zero-order valence-corrected chi connectivity index (χ0v) is 13.8. The number of ether oxygens (including phenoxy) is 2. The minimum Gasteiger partial charge on any atom is -0.491 e. The van der Waals surface area contributed by atoms with E-state index in [0.717, 1.165) is 0 Å². The lowest BCUT2D eigenvalue weighted by Crippen LogP contribution is -2.30. The summed E-state index contributed by atoms with van der Waals surface area (Å²) >= 11 is 0. The number of carbonyl (C=O) groups is 1. The van der Waals surface area contributed by atoms with Crippen LogP contribution in [-0.2, 0) is 4.79 Å². The first kappa shape index (κ1) is 16.9. The molecule has 4 nitrogen and oxygen atoms in total. The molecule has 122 valence electrons. The number of benzene rings is 2. The number of rotatable bonds is 7. The molecular formula is C19H23NO3. The molecule has 0 heterocycles. The summed E-state index contributed by atoms with van der Waals surface area (Å²) in [6.07, 6.45) is -0.601. The first-order chi connectivity index (χ1) is 11.1. The van der Waals surface area contributed by atoms with Crippen molar-refractivity contribution < 1.29 is 14.3 Å². The van der Waals surface area contributed by atoms with E-state index in [2.05, 4.69) is 19.2 Å². The summed E-state index contributed by atoms with van der Waals surface area (Å²) in [7, 11) is 0. The highest BCUT2D eigenvalue weighted by Crippen LogP contribution is 2.24. The predicted octanol–water partition coefficient (Wildman–Crippen LogP) is 4.13. The van der Waals surface area contributed by atoms with Gasteiger partial charge in [-0.2, -0.15) is 0 Å². The molecular weight excluding hydrogens is 290 g/mol. The van der Waals surface area contributed by atoms with Gasteiger partial charge in [0.15, 0.2) is 6.10 Å². The van der Waals surface area contributed by atoms with E-state index in [1.54, 1.807) is 6.92 Å². The molecule has 1 amide bonds. The molecule has 23 heavy (non-hydrogen) atoms. The van der Waals surface area contributed by atoms with Crippen LogP contribution in [0.3, 0.4) is 0 Å². The van der Waals surface area contributed by atoms with E-state index in [4.69, 9.17) is 9.47 Å². The highest BCUT2D eigenvalue weighted by Gasteiger charge is 2.16. The minimum atomic E-state index is -0.601. The Kier molecular flexibility index (Phi) is 6.03. The Labute approximate surface area is 137 Å². The zero-order chi connectivity index (χ0) is 16.7. The van der Waals surface area contributed by atoms with E-state index in [-0.39, 0.29) is 5.91 Å². The van der Waals surface area contributed by atoms with Gasteiger partial charge in [-0.25, -0.2) is 0 Å². The normalized spacial score (nSPS) is 11.8. The van der Waals surface area contributed by atoms with Crippen molar-refractivity contribution in [1.29, 1.82) is 0 Å². The molecule has 0 aliphatic rings. The van der Waals surface area contributed by atoms with Crippen LogP contribution in [0.1, 0.15) is 20.8 Å². The third kappa shape index (κ3) is 5.33. The lowest BCUT2D eigenvalue weighted by atomic mass is 10.2. The van der Waals surface area contributed by atoms with Crippen molar-refractivity contribution in [1.82, 2.24) is 0 Å². The van der Waals surface area contributed by atoms with Crippen LogP contribution in [-0.4, -0.2) is 18.6 Å². The van der Waals surface area contributed by atoms with Crippen LogP contribution in [0.15, 0.2) is 54.6 Å². The van der Waals surface area contributed by atoms with Crippen molar-refractivity contribution in [3.05, 3.63) is 54.6 Å². The molecule has 0 aliphatic heterocycles. The van der Waals surface area contributed by atoms with Crippen molar-refractivity contribution in [2.45, 2.75) is 26.9 Å². The maximum absolute atomic E-state index is 12.3. The van der Waals surface area contributed by atoms with Gasteiger partial charge in [0, 0.05) is 0 Å². The SMILES string of the molecule is CC(C)COc1ccccc1NC(=O)C(C)Oc1ccccc1. The van der Waals surface area contributed by atoms with Crippen molar-refractivity contribution in [3.63, 3.8) is 0 Å². The van der Waals surface area contributed by atoms with Crippen LogP contribution < -0.4 is 14.8 Å². The molecule has 0 radical (unpaired) electrons. The zero-order valence-electron chi connectivity index (χ0n) is 13.8. The quantitative estimate of drug-likeness (QED) is 0.836. The molecule has 0 saturated carbocycles. The number of para-hydroxylation sites is 3. The van der Waals surface area contributed by atoms with Gasteiger partial charge < -0.3 is 14.8 Å². The molecule has 0 aliphatic carbocycles. The van der Waals surface area contributed by atoms with Gasteiger partial charge in [-0.1, -0.05) is 44.2 Å². The first-order valence-corrected chi connectivity index (χ1v) is 7.80. The number of anilines is 1. The smallest absolute Gasteiger partial charge is 0.265 e. The lowest BCUT2D eigenvalue weighted by Gasteiger charge is -2.17. The fourth-order valence-electron chi connectivity index (χ4n) is 1.94. The maximum Gasteiger partial charge on any atom is 0.265 e. The summed E-state index contributed by atoms with van der Waals surface area (Å²) in [4.78, 5) is 12.3. The summed E-state index contributed by atoms with van der Waals surface area (Å²) < 4.78 is 11.4. The second-order valence-corrected chi connectivity index (χ2v) is 5.76. The third-order valence-electron chi connectivity index (χ3n) is 3.14. The molecule has 2 aromatic carbocycles. The Morgan fingerprint density at radius 2 is 1.65 bits per heavy atom. The molecule has 0 fully saturated rings. The Balaban J connectivity index is 1.99. The van der Waals surface area contributed by atoms with E-state index in [9.17, 15) is 4.79 Å². The highest BCUT2D eigenvalue weighted by atomic mass is 16.5. The maximum atomic E-state index is 12.3. The van der Waals surface area contributed by atoms with E-state index >= 15 is 0 Å². The lowest BCUT2D eigenvalue weighted by molar-refractivity contribution is -0.122. The van der Waals surface area contributed by atoms with Gasteiger partial charge in [-0.05, 0) is 37.1 Å². The molecule has 1 N–H and O–H groups in total. The number of nitrogens with one attached hydrogen (secondary N) is 1. The number of hydrogen-bond donors (Lipinski definition) is 1. The van der Waals surface area contributed by atoms with Gasteiger partial charge in [-0.3, -0.25) is 4.79 Å². The van der Waals surface area contributed by atoms with Gasteiger partial charge in [-0.15, -0.1) is 0 Å². The van der Waals surface area contributed by atoms with E-state index in [1.165, 1.54) is 0 Å². The Bertz CT molecular complexity index is 626. The third-order valence-corrected chi connectivity index (χ3v) is 3.14. The first-order valence-electron chi connectivity index (χ1n) is 7.80. The fraction of sp³-hybridized carbons (Fsp3) is 0.316. The Morgan fingerprint density at radius 1 is 1.00 bits per heavy atom. The average molecular weight is 313 g/mol. The average Bonchev–Trinajstić information content (AvgIpc) is 2.54. The van der Waals surface area contributed by atoms with Crippen LogP contribution in [0.4, 0.5) is 5.69 Å². The van der Waals surface area contributed by atoms with Crippen LogP contribution >= 0.6 is 0 Å². The van der Waals surface area contributed by atoms with Gasteiger partial charge in [0.05, 0.1) is 12.3 Å². The summed E-state index contributed by atoms with van der Waals surface area (Å²) in [5.41, 5.74) is 0.654. The van der Waals surface area contributed by atoms with E-state index in [0.29, 0.717) is 29.7 Å². The standard InChI is InChI=1S/C19H23NO3/c1-14(2)13-22-18-12-8-7-11-17(18)20-19(21)15(3)23-16-9-5-4-6-10-16/h4-12,14-15H,13H2,1-3H3,(H,20,21). The van der Waals surface area contributed by atoms with E-state index < -0.39 is 6.10 Å². The number of amides is 1. The summed E-state index contributed by atoms with van der Waals surface area (Å²) in [5, 5.41) is 2.87. The van der Waals surface area contributed by atoms with Crippen molar-refractivity contribution in [2.24, 2.45) is 5.92 Å². The van der Waals surface area contributed by atoms with Crippen LogP contribution in [0.25, 0.3) is 0 Å². The van der Waals surface area contributed by atoms with Crippen LogP contribution in [0, 0.1) is 5.92 Å². The van der Waals surface area contributed by atoms with Gasteiger partial charge in [0.25, 0.3) is 5.91 Å². The fourth-order valence-corrected chi connectivity index (χ4v) is 1.94. The number of carbonyl (C=O) groups excluding carboxylic acids is 1.